The van der Waals surface area contributed by atoms with Crippen LogP contribution in [0.2, 0.25) is 0 Å². The van der Waals surface area contributed by atoms with Gasteiger partial charge in [0, 0.05) is 22.4 Å². The van der Waals surface area contributed by atoms with Crippen molar-refractivity contribution in [3.05, 3.63) is 52.2 Å². The van der Waals surface area contributed by atoms with Crippen LogP contribution in [0.1, 0.15) is 29.1 Å². The molecule has 0 aliphatic rings. The fraction of sp³-hybridized carbons (Fsp3) is 0.350. The van der Waals surface area contributed by atoms with E-state index in [1.807, 2.05) is 31.4 Å². The van der Waals surface area contributed by atoms with Crippen molar-refractivity contribution in [2.24, 2.45) is 0 Å². The van der Waals surface area contributed by atoms with Gasteiger partial charge in [0.2, 0.25) is 5.91 Å². The Morgan fingerprint density at radius 1 is 1.11 bits per heavy atom. The summed E-state index contributed by atoms with van der Waals surface area (Å²) in [5, 5.41) is 7.52. The lowest BCUT2D eigenvalue weighted by molar-refractivity contribution is -0.124. The molecule has 8 heteroatoms. The first-order chi connectivity index (χ1) is 13.5. The van der Waals surface area contributed by atoms with Crippen LogP contribution in [-0.4, -0.2) is 42.7 Å². The van der Waals surface area contributed by atoms with Crippen LogP contribution in [0.4, 0.5) is 0 Å². The highest BCUT2D eigenvalue weighted by Gasteiger charge is 2.15. The molecule has 28 heavy (non-hydrogen) atoms. The zero-order valence-corrected chi connectivity index (χ0v) is 17.5. The molecule has 0 bridgehead atoms. The average Bonchev–Trinajstić information content (AvgIpc) is 3.17. The van der Waals surface area contributed by atoms with Gasteiger partial charge in [-0.1, -0.05) is 18.2 Å². The Labute approximate surface area is 173 Å². The van der Waals surface area contributed by atoms with Crippen molar-refractivity contribution < 1.29 is 19.1 Å². The van der Waals surface area contributed by atoms with E-state index in [9.17, 15) is 14.4 Å². The minimum atomic E-state index is -0.583. The highest BCUT2D eigenvalue weighted by Crippen LogP contribution is 2.23. The first kappa shape index (κ1) is 22.0. The molecule has 6 nitrogen and oxygen atoms in total. The Morgan fingerprint density at radius 3 is 2.61 bits per heavy atom. The lowest BCUT2D eigenvalue weighted by Gasteiger charge is -2.11. The highest BCUT2D eigenvalue weighted by molar-refractivity contribution is 8.00. The van der Waals surface area contributed by atoms with E-state index in [0.29, 0.717) is 17.0 Å². The van der Waals surface area contributed by atoms with Crippen LogP contribution in [0.25, 0.3) is 0 Å². The van der Waals surface area contributed by atoms with Gasteiger partial charge in [0.05, 0.1) is 11.3 Å². The summed E-state index contributed by atoms with van der Waals surface area (Å²) in [6.45, 7) is 3.93. The predicted molar refractivity (Wildman–Crippen MR) is 112 cm³/mol. The first-order valence-electron chi connectivity index (χ1n) is 8.93. The molecule has 2 N–H and O–H groups in total. The van der Waals surface area contributed by atoms with Gasteiger partial charge in [0.25, 0.3) is 5.91 Å². The van der Waals surface area contributed by atoms with Crippen LogP contribution < -0.4 is 10.6 Å². The van der Waals surface area contributed by atoms with E-state index in [4.69, 9.17) is 4.74 Å². The van der Waals surface area contributed by atoms with Crippen molar-refractivity contribution in [1.29, 1.82) is 0 Å². The third kappa shape index (κ3) is 7.74. The van der Waals surface area contributed by atoms with Gasteiger partial charge in [0.15, 0.2) is 6.61 Å². The summed E-state index contributed by atoms with van der Waals surface area (Å²) in [5.74, 6) is -0.827. The molecule has 0 saturated carbocycles. The maximum Gasteiger partial charge on any atom is 0.339 e. The van der Waals surface area contributed by atoms with Crippen molar-refractivity contribution in [3.63, 3.8) is 0 Å². The summed E-state index contributed by atoms with van der Waals surface area (Å²) in [7, 11) is 0. The standard InChI is InChI=1S/C20H24N2O4S2/c1-14(2)22-19(24)13-28-17-8-4-3-7-16(17)20(25)26-12-18(23)21-10-9-15-6-5-11-27-15/h3-8,11,14H,9-10,12-13H2,1-2H3,(H,21,23)(H,22,24). The zero-order chi connectivity index (χ0) is 20.4. The van der Waals surface area contributed by atoms with E-state index in [0.717, 1.165) is 6.42 Å². The number of carbonyl (C=O) groups is 3. The lowest BCUT2D eigenvalue weighted by Crippen LogP contribution is -2.31. The third-order valence-electron chi connectivity index (χ3n) is 3.52. The highest BCUT2D eigenvalue weighted by atomic mass is 32.2. The molecule has 2 aromatic rings. The van der Waals surface area contributed by atoms with E-state index in [1.165, 1.54) is 16.6 Å². The minimum Gasteiger partial charge on any atom is -0.452 e. The minimum absolute atomic E-state index is 0.0617. The Balaban J connectivity index is 1.79. The molecule has 0 atom stereocenters. The molecule has 1 heterocycles. The van der Waals surface area contributed by atoms with Gasteiger partial charge in [0.1, 0.15) is 0 Å². The fourth-order valence-electron chi connectivity index (χ4n) is 2.31. The van der Waals surface area contributed by atoms with Crippen LogP contribution in [0, 0.1) is 0 Å². The van der Waals surface area contributed by atoms with Gasteiger partial charge < -0.3 is 15.4 Å². The second-order valence-electron chi connectivity index (χ2n) is 6.26. The number of thiophene rings is 1. The summed E-state index contributed by atoms with van der Waals surface area (Å²) in [6.07, 6.45) is 0.745. The largest absolute Gasteiger partial charge is 0.452 e. The maximum atomic E-state index is 12.3. The smallest absolute Gasteiger partial charge is 0.339 e. The van der Waals surface area contributed by atoms with Gasteiger partial charge in [-0.15, -0.1) is 23.1 Å². The summed E-state index contributed by atoms with van der Waals surface area (Å²) in [6, 6.07) is 10.9. The SMILES string of the molecule is CC(C)NC(=O)CSc1ccccc1C(=O)OCC(=O)NCCc1cccs1. The first-order valence-corrected chi connectivity index (χ1v) is 10.8. The lowest BCUT2D eigenvalue weighted by atomic mass is 10.2. The molecular formula is C20H24N2O4S2. The van der Waals surface area contributed by atoms with Crippen LogP contribution in [0.3, 0.4) is 0 Å². The van der Waals surface area contributed by atoms with Gasteiger partial charge in [-0.2, -0.15) is 0 Å². The number of esters is 1. The van der Waals surface area contributed by atoms with Gasteiger partial charge in [-0.3, -0.25) is 9.59 Å². The second-order valence-corrected chi connectivity index (χ2v) is 8.31. The van der Waals surface area contributed by atoms with Crippen LogP contribution in [0.15, 0.2) is 46.7 Å². The fourth-order valence-corrected chi connectivity index (χ4v) is 3.87. The number of hydrogen-bond donors (Lipinski definition) is 2. The predicted octanol–water partition coefficient (Wildman–Crippen LogP) is 2.88. The Morgan fingerprint density at radius 2 is 1.89 bits per heavy atom. The van der Waals surface area contributed by atoms with Gasteiger partial charge >= 0.3 is 5.97 Å². The number of thioether (sulfide) groups is 1. The average molecular weight is 421 g/mol. The Kier molecular flexibility index (Phi) is 9.03. The number of rotatable bonds is 10. The van der Waals surface area contributed by atoms with Crippen molar-refractivity contribution >= 4 is 40.9 Å². The number of benzene rings is 1. The molecule has 1 aromatic carbocycles. The number of nitrogens with one attached hydrogen (secondary N) is 2. The number of carbonyl (C=O) groups excluding carboxylic acids is 3. The molecule has 2 rings (SSSR count). The molecule has 0 radical (unpaired) electrons. The van der Waals surface area contributed by atoms with Gasteiger partial charge in [-0.25, -0.2) is 4.79 Å². The van der Waals surface area contributed by atoms with E-state index < -0.39 is 5.97 Å². The number of ether oxygens (including phenoxy) is 1. The Hall–Kier alpha value is -2.32. The number of hydrogen-bond acceptors (Lipinski definition) is 6. The third-order valence-corrected chi connectivity index (χ3v) is 5.53. The zero-order valence-electron chi connectivity index (χ0n) is 15.9. The van der Waals surface area contributed by atoms with Gasteiger partial charge in [-0.05, 0) is 43.8 Å². The molecule has 0 unspecified atom stereocenters. The summed E-state index contributed by atoms with van der Waals surface area (Å²) in [5.41, 5.74) is 0.344. The van der Waals surface area contributed by atoms with Crippen LogP contribution >= 0.6 is 23.1 Å². The summed E-state index contributed by atoms with van der Waals surface area (Å²) >= 11 is 2.89. The van der Waals surface area contributed by atoms with E-state index >= 15 is 0 Å². The van der Waals surface area contributed by atoms with Crippen molar-refractivity contribution in [3.8, 4) is 0 Å². The van der Waals surface area contributed by atoms with Crippen LogP contribution in [-0.2, 0) is 20.7 Å². The Bertz CT molecular complexity index is 791. The van der Waals surface area contributed by atoms with Crippen molar-refractivity contribution in [2.45, 2.75) is 31.2 Å². The monoisotopic (exact) mass is 420 g/mol. The van der Waals surface area contributed by atoms with Crippen LogP contribution in [0.5, 0.6) is 0 Å². The van der Waals surface area contributed by atoms with Crippen molar-refractivity contribution in [2.75, 3.05) is 18.9 Å². The molecule has 0 saturated heterocycles. The molecule has 0 fully saturated rings. The topological polar surface area (TPSA) is 84.5 Å². The summed E-state index contributed by atoms with van der Waals surface area (Å²) in [4.78, 5) is 37.8. The maximum absolute atomic E-state index is 12.3. The van der Waals surface area contributed by atoms with E-state index in [2.05, 4.69) is 10.6 Å². The summed E-state index contributed by atoms with van der Waals surface area (Å²) < 4.78 is 5.13. The quantitative estimate of drug-likeness (QED) is 0.456. The normalized spacial score (nSPS) is 10.5. The molecule has 0 aliphatic carbocycles. The van der Waals surface area contributed by atoms with E-state index in [-0.39, 0.29) is 30.2 Å². The molecule has 0 spiro atoms. The second kappa shape index (κ2) is 11.5. The number of amides is 2. The molecule has 0 aliphatic heterocycles. The molecule has 150 valence electrons. The van der Waals surface area contributed by atoms with Crippen molar-refractivity contribution in [1.82, 2.24) is 10.6 Å². The molecular weight excluding hydrogens is 396 g/mol. The molecule has 2 amide bonds. The molecule has 1 aromatic heterocycles. The van der Waals surface area contributed by atoms with E-state index in [1.54, 1.807) is 35.6 Å².